The van der Waals surface area contributed by atoms with Crippen LogP contribution in [0.15, 0.2) is 48.5 Å². The topological polar surface area (TPSA) is 77.2 Å². The second-order valence-electron chi connectivity index (χ2n) is 8.19. The average molecular weight is 478 g/mol. The van der Waals surface area contributed by atoms with Gasteiger partial charge in [-0.1, -0.05) is 30.2 Å². The van der Waals surface area contributed by atoms with Crippen LogP contribution in [0.5, 0.6) is 5.75 Å². The van der Waals surface area contributed by atoms with Crippen LogP contribution in [0.3, 0.4) is 0 Å². The molecule has 4 aromatic rings. The maximum Gasteiger partial charge on any atom is 0.267 e. The zero-order chi connectivity index (χ0) is 22.9. The van der Waals surface area contributed by atoms with Crippen LogP contribution in [-0.4, -0.2) is 18.0 Å². The van der Waals surface area contributed by atoms with E-state index in [1.807, 2.05) is 12.1 Å². The van der Waals surface area contributed by atoms with E-state index in [1.54, 1.807) is 31.4 Å². The van der Waals surface area contributed by atoms with E-state index in [1.165, 1.54) is 23.3 Å². The van der Waals surface area contributed by atoms with Gasteiger partial charge in [0.1, 0.15) is 15.5 Å². The third-order valence-corrected chi connectivity index (χ3v) is 7.44. The summed E-state index contributed by atoms with van der Waals surface area (Å²) in [6, 6.07) is 15.1. The van der Waals surface area contributed by atoms with Gasteiger partial charge in [-0.05, 0) is 78.8 Å². The molecule has 0 atom stereocenters. The number of carbonyl (C=O) groups excluding carboxylic acids is 1. The van der Waals surface area contributed by atoms with Gasteiger partial charge in [0.25, 0.3) is 5.91 Å². The summed E-state index contributed by atoms with van der Waals surface area (Å²) in [6.07, 6.45) is 5.34. The summed E-state index contributed by atoms with van der Waals surface area (Å²) in [5, 5.41) is 4.41. The predicted molar refractivity (Wildman–Crippen MR) is 137 cm³/mol. The molecule has 1 aliphatic rings. The van der Waals surface area contributed by atoms with Crippen molar-refractivity contribution < 1.29 is 9.53 Å². The highest BCUT2D eigenvalue weighted by Crippen LogP contribution is 2.44. The third-order valence-electron chi connectivity index (χ3n) is 6.09. The normalized spacial score (nSPS) is 13.4. The molecule has 2 aromatic carbocycles. The molecule has 0 saturated carbocycles. The summed E-state index contributed by atoms with van der Waals surface area (Å²) >= 11 is 7.32. The highest BCUT2D eigenvalue weighted by atomic mass is 35.5. The number of halogens is 1. The number of aryl methyl sites for hydroxylation is 1. The number of amides is 1. The number of ether oxygens (including phenoxy) is 1. The lowest BCUT2D eigenvalue weighted by atomic mass is 9.92. The number of methoxy groups -OCH3 is 1. The van der Waals surface area contributed by atoms with E-state index in [-0.39, 0.29) is 5.91 Å². The van der Waals surface area contributed by atoms with Gasteiger partial charge in [-0.3, -0.25) is 4.79 Å². The molecule has 168 valence electrons. The number of hydrogen-bond acceptors (Lipinski definition) is 5. The van der Waals surface area contributed by atoms with Gasteiger partial charge >= 0.3 is 0 Å². The van der Waals surface area contributed by atoms with Gasteiger partial charge < -0.3 is 15.8 Å². The maximum atomic E-state index is 13.1. The molecule has 7 heteroatoms. The van der Waals surface area contributed by atoms with Crippen LogP contribution in [0.1, 0.15) is 40.2 Å². The number of aromatic nitrogens is 1. The summed E-state index contributed by atoms with van der Waals surface area (Å²) in [5.41, 5.74) is 12.3. The predicted octanol–water partition coefficient (Wildman–Crippen LogP) is 6.73. The molecule has 0 spiro atoms. The molecule has 0 radical (unpaired) electrons. The molecule has 2 aromatic heterocycles. The zero-order valence-corrected chi connectivity index (χ0v) is 19.9. The van der Waals surface area contributed by atoms with Crippen LogP contribution < -0.4 is 15.8 Å². The number of nitrogen functional groups attached to an aromatic ring is 1. The number of fused-ring (bicyclic) bond motifs is 2. The lowest BCUT2D eigenvalue weighted by molar-refractivity contribution is 0.103. The number of nitrogens with two attached hydrogens (primary N) is 1. The van der Waals surface area contributed by atoms with Crippen molar-refractivity contribution in [2.75, 3.05) is 18.2 Å². The van der Waals surface area contributed by atoms with Gasteiger partial charge in [0.15, 0.2) is 0 Å². The Kier molecular flexibility index (Phi) is 5.96. The lowest BCUT2D eigenvalue weighted by Crippen LogP contribution is -2.11. The van der Waals surface area contributed by atoms with Crippen molar-refractivity contribution in [3.63, 3.8) is 0 Å². The van der Waals surface area contributed by atoms with E-state index in [9.17, 15) is 4.79 Å². The van der Waals surface area contributed by atoms with Gasteiger partial charge in [-0.2, -0.15) is 0 Å². The van der Waals surface area contributed by atoms with Gasteiger partial charge in [-0.15, -0.1) is 11.3 Å². The standard InChI is InChI=1S/C26H24ClN3O2S/c1-32-18-13-7-15(8-14-18)21-19-5-3-2-4-6-20(19)30-26-22(21)23(28)24(33-26)25(31)29-17-11-9-16(27)10-12-17/h7-14H,2-6,28H2,1H3,(H,29,31). The summed E-state index contributed by atoms with van der Waals surface area (Å²) in [4.78, 5) is 19.4. The Balaban J connectivity index is 1.66. The summed E-state index contributed by atoms with van der Waals surface area (Å²) in [7, 11) is 1.66. The fourth-order valence-corrected chi connectivity index (χ4v) is 5.60. The number of benzene rings is 2. The molecule has 5 nitrogen and oxygen atoms in total. The van der Waals surface area contributed by atoms with Crippen molar-refractivity contribution in [2.24, 2.45) is 0 Å². The van der Waals surface area contributed by atoms with Crippen molar-refractivity contribution in [3.8, 4) is 16.9 Å². The molecular formula is C26H24ClN3O2S. The van der Waals surface area contributed by atoms with Gasteiger partial charge in [0.2, 0.25) is 0 Å². The third kappa shape index (κ3) is 4.16. The van der Waals surface area contributed by atoms with E-state index in [0.29, 0.717) is 21.3 Å². The highest BCUT2D eigenvalue weighted by molar-refractivity contribution is 7.21. The van der Waals surface area contributed by atoms with Crippen LogP contribution >= 0.6 is 22.9 Å². The molecule has 3 N–H and O–H groups in total. The molecule has 5 rings (SSSR count). The first-order valence-electron chi connectivity index (χ1n) is 11.0. The molecule has 33 heavy (non-hydrogen) atoms. The van der Waals surface area contributed by atoms with E-state index >= 15 is 0 Å². The number of hydrogen-bond donors (Lipinski definition) is 2. The molecule has 0 fully saturated rings. The van der Waals surface area contributed by atoms with Crippen molar-refractivity contribution in [1.82, 2.24) is 4.98 Å². The Morgan fingerprint density at radius 1 is 1.06 bits per heavy atom. The van der Waals surface area contributed by atoms with E-state index in [2.05, 4.69) is 17.4 Å². The number of thiophene rings is 1. The Labute approximate surface area is 201 Å². The first kappa shape index (κ1) is 21.7. The zero-order valence-electron chi connectivity index (χ0n) is 18.3. The molecule has 2 heterocycles. The minimum atomic E-state index is -0.242. The summed E-state index contributed by atoms with van der Waals surface area (Å²) in [5.74, 6) is 0.560. The Bertz CT molecular complexity index is 1330. The first-order chi connectivity index (χ1) is 16.0. The number of pyridine rings is 1. The SMILES string of the molecule is COc1ccc(-c2c3c(nc4sc(C(=O)Nc5ccc(Cl)cc5)c(N)c24)CCCCC3)cc1. The highest BCUT2D eigenvalue weighted by Gasteiger charge is 2.25. The largest absolute Gasteiger partial charge is 0.497 e. The molecule has 0 bridgehead atoms. The molecule has 0 unspecified atom stereocenters. The Morgan fingerprint density at radius 3 is 2.52 bits per heavy atom. The summed E-state index contributed by atoms with van der Waals surface area (Å²) < 4.78 is 5.35. The van der Waals surface area contributed by atoms with E-state index in [0.717, 1.165) is 58.5 Å². The monoisotopic (exact) mass is 477 g/mol. The van der Waals surface area contributed by atoms with Crippen molar-refractivity contribution in [3.05, 3.63) is 69.7 Å². The van der Waals surface area contributed by atoms with E-state index in [4.69, 9.17) is 27.1 Å². The van der Waals surface area contributed by atoms with Crippen LogP contribution in [0, 0.1) is 0 Å². The van der Waals surface area contributed by atoms with Gasteiger partial charge in [0.05, 0.1) is 12.8 Å². The smallest absolute Gasteiger partial charge is 0.267 e. The minimum absolute atomic E-state index is 0.242. The second kappa shape index (κ2) is 9.04. The Hall–Kier alpha value is -3.09. The average Bonchev–Trinajstić information content (AvgIpc) is 2.99. The van der Waals surface area contributed by atoms with Crippen LogP contribution in [0.25, 0.3) is 21.3 Å². The number of rotatable bonds is 4. The first-order valence-corrected chi connectivity index (χ1v) is 12.2. The van der Waals surface area contributed by atoms with E-state index < -0.39 is 0 Å². The number of nitrogens with zero attached hydrogens (tertiary/aromatic N) is 1. The molecule has 1 aliphatic carbocycles. The lowest BCUT2D eigenvalue weighted by Gasteiger charge is -2.15. The van der Waals surface area contributed by atoms with Crippen molar-refractivity contribution in [1.29, 1.82) is 0 Å². The fourth-order valence-electron chi connectivity index (χ4n) is 4.45. The molecule has 1 amide bonds. The minimum Gasteiger partial charge on any atom is -0.497 e. The number of anilines is 2. The second-order valence-corrected chi connectivity index (χ2v) is 9.62. The number of nitrogens with one attached hydrogen (secondary N) is 1. The molecule has 0 saturated heterocycles. The fraction of sp³-hybridized carbons (Fsp3) is 0.231. The van der Waals surface area contributed by atoms with Crippen molar-refractivity contribution in [2.45, 2.75) is 32.1 Å². The molecular weight excluding hydrogens is 454 g/mol. The summed E-state index contributed by atoms with van der Waals surface area (Å²) in [6.45, 7) is 0. The molecule has 0 aliphatic heterocycles. The van der Waals surface area contributed by atoms with Crippen LogP contribution in [-0.2, 0) is 12.8 Å². The quantitative estimate of drug-likeness (QED) is 0.319. The Morgan fingerprint density at radius 2 is 1.79 bits per heavy atom. The van der Waals surface area contributed by atoms with Gasteiger partial charge in [0, 0.05) is 21.8 Å². The van der Waals surface area contributed by atoms with Crippen LogP contribution in [0.2, 0.25) is 5.02 Å². The number of carbonyl (C=O) groups is 1. The van der Waals surface area contributed by atoms with Gasteiger partial charge in [-0.25, -0.2) is 4.98 Å². The van der Waals surface area contributed by atoms with Crippen molar-refractivity contribution >= 4 is 50.4 Å². The van der Waals surface area contributed by atoms with Crippen LogP contribution in [0.4, 0.5) is 11.4 Å². The maximum absolute atomic E-state index is 13.1.